The standard InChI is InChI=1S/C19H23ClN4O/c1-14-3-4-15(20)13-18(14)22-19(25)21-16-5-7-17(8-6-16)24-11-9-23(2)10-12-24/h3-8,13H,9-12H2,1-2H3,(H2,21,22,25). The molecule has 2 amide bonds. The van der Waals surface area contributed by atoms with E-state index in [1.54, 1.807) is 12.1 Å². The lowest BCUT2D eigenvalue weighted by Crippen LogP contribution is -2.44. The molecule has 1 aliphatic rings. The maximum atomic E-state index is 12.2. The van der Waals surface area contributed by atoms with Gasteiger partial charge in [0.1, 0.15) is 0 Å². The van der Waals surface area contributed by atoms with E-state index in [0.717, 1.165) is 37.4 Å². The molecule has 2 aromatic carbocycles. The highest BCUT2D eigenvalue weighted by Crippen LogP contribution is 2.22. The van der Waals surface area contributed by atoms with Crippen molar-refractivity contribution in [2.75, 3.05) is 48.8 Å². The van der Waals surface area contributed by atoms with Crippen LogP contribution in [-0.2, 0) is 0 Å². The Morgan fingerprint density at radius 2 is 1.68 bits per heavy atom. The second kappa shape index (κ2) is 7.76. The summed E-state index contributed by atoms with van der Waals surface area (Å²) in [6, 6.07) is 13.1. The maximum absolute atomic E-state index is 12.2. The first-order chi connectivity index (χ1) is 12.0. The smallest absolute Gasteiger partial charge is 0.323 e. The summed E-state index contributed by atoms with van der Waals surface area (Å²) in [5, 5.41) is 6.28. The number of hydrogen-bond acceptors (Lipinski definition) is 3. The molecule has 3 rings (SSSR count). The minimum absolute atomic E-state index is 0.280. The lowest BCUT2D eigenvalue weighted by atomic mass is 10.2. The Morgan fingerprint density at radius 3 is 2.36 bits per heavy atom. The van der Waals surface area contributed by atoms with Crippen molar-refractivity contribution in [2.24, 2.45) is 0 Å². The Kier molecular flexibility index (Phi) is 5.46. The minimum Gasteiger partial charge on any atom is -0.369 e. The molecule has 0 atom stereocenters. The largest absolute Gasteiger partial charge is 0.369 e. The molecule has 0 bridgehead atoms. The average molecular weight is 359 g/mol. The summed E-state index contributed by atoms with van der Waals surface area (Å²) in [5.74, 6) is 0. The Bertz CT molecular complexity index is 740. The average Bonchev–Trinajstić information content (AvgIpc) is 2.59. The molecular formula is C19H23ClN4O. The highest BCUT2D eigenvalue weighted by atomic mass is 35.5. The Morgan fingerprint density at radius 1 is 1.00 bits per heavy atom. The minimum atomic E-state index is -0.280. The van der Waals surface area contributed by atoms with Gasteiger partial charge in [-0.05, 0) is 55.9 Å². The maximum Gasteiger partial charge on any atom is 0.323 e. The van der Waals surface area contributed by atoms with E-state index in [9.17, 15) is 4.79 Å². The molecule has 5 nitrogen and oxygen atoms in total. The van der Waals surface area contributed by atoms with Gasteiger partial charge in [0.15, 0.2) is 0 Å². The number of likely N-dealkylation sites (N-methyl/N-ethyl adjacent to an activating group) is 1. The van der Waals surface area contributed by atoms with Gasteiger partial charge >= 0.3 is 6.03 Å². The molecule has 1 aliphatic heterocycles. The summed E-state index contributed by atoms with van der Waals surface area (Å²) in [7, 11) is 2.14. The zero-order valence-corrected chi connectivity index (χ0v) is 15.3. The van der Waals surface area contributed by atoms with Crippen LogP contribution in [0, 0.1) is 6.92 Å². The molecule has 0 aliphatic carbocycles. The lowest BCUT2D eigenvalue weighted by molar-refractivity contribution is 0.262. The number of benzene rings is 2. The van der Waals surface area contributed by atoms with Crippen LogP contribution in [0.4, 0.5) is 21.9 Å². The van der Waals surface area contributed by atoms with Crippen molar-refractivity contribution in [3.63, 3.8) is 0 Å². The molecule has 0 saturated carbocycles. The molecule has 132 valence electrons. The SMILES string of the molecule is Cc1ccc(Cl)cc1NC(=O)Nc1ccc(N2CCN(C)CC2)cc1. The summed E-state index contributed by atoms with van der Waals surface area (Å²) in [6.07, 6.45) is 0. The first-order valence-electron chi connectivity index (χ1n) is 8.39. The van der Waals surface area contributed by atoms with Crippen molar-refractivity contribution >= 4 is 34.7 Å². The predicted octanol–water partition coefficient (Wildman–Crippen LogP) is 4.04. The van der Waals surface area contributed by atoms with Crippen LogP contribution in [0.5, 0.6) is 0 Å². The fourth-order valence-electron chi connectivity index (χ4n) is 2.83. The van der Waals surface area contributed by atoms with Gasteiger partial charge in [-0.2, -0.15) is 0 Å². The van der Waals surface area contributed by atoms with Crippen LogP contribution in [0.2, 0.25) is 5.02 Å². The summed E-state index contributed by atoms with van der Waals surface area (Å²) in [4.78, 5) is 16.9. The summed E-state index contributed by atoms with van der Waals surface area (Å²) < 4.78 is 0. The van der Waals surface area contributed by atoms with Gasteiger partial charge in [-0.1, -0.05) is 17.7 Å². The molecule has 0 spiro atoms. The molecule has 1 fully saturated rings. The number of nitrogens with zero attached hydrogens (tertiary/aromatic N) is 2. The van der Waals surface area contributed by atoms with Gasteiger partial charge in [-0.25, -0.2) is 4.79 Å². The van der Waals surface area contributed by atoms with Crippen LogP contribution >= 0.6 is 11.6 Å². The van der Waals surface area contributed by atoms with Crippen molar-refractivity contribution in [2.45, 2.75) is 6.92 Å². The van der Waals surface area contributed by atoms with Gasteiger partial charge in [-0.15, -0.1) is 0 Å². The van der Waals surface area contributed by atoms with Gasteiger partial charge in [0.25, 0.3) is 0 Å². The third kappa shape index (κ3) is 4.65. The zero-order chi connectivity index (χ0) is 17.8. The molecule has 0 unspecified atom stereocenters. The third-order valence-electron chi connectivity index (χ3n) is 4.44. The third-order valence-corrected chi connectivity index (χ3v) is 4.68. The van der Waals surface area contributed by atoms with Crippen LogP contribution < -0.4 is 15.5 Å². The fourth-order valence-corrected chi connectivity index (χ4v) is 3.01. The number of carbonyl (C=O) groups is 1. The molecule has 2 N–H and O–H groups in total. The van der Waals surface area contributed by atoms with Crippen LogP contribution in [0.3, 0.4) is 0 Å². The van der Waals surface area contributed by atoms with Gasteiger partial charge in [0, 0.05) is 48.3 Å². The van der Waals surface area contributed by atoms with Crippen LogP contribution in [0.1, 0.15) is 5.56 Å². The van der Waals surface area contributed by atoms with Gasteiger partial charge in [0.05, 0.1) is 0 Å². The van der Waals surface area contributed by atoms with Crippen LogP contribution in [0.25, 0.3) is 0 Å². The number of hydrogen-bond donors (Lipinski definition) is 2. The van der Waals surface area contributed by atoms with E-state index >= 15 is 0 Å². The fraction of sp³-hybridized carbons (Fsp3) is 0.316. The molecule has 0 aromatic heterocycles. The molecule has 1 saturated heterocycles. The number of urea groups is 1. The second-order valence-corrected chi connectivity index (χ2v) is 6.81. The Labute approximate surface area is 153 Å². The number of anilines is 3. The number of halogens is 1. The number of amides is 2. The topological polar surface area (TPSA) is 47.6 Å². The van der Waals surface area contributed by atoms with Crippen LogP contribution in [0.15, 0.2) is 42.5 Å². The summed E-state index contributed by atoms with van der Waals surface area (Å²) in [5.41, 5.74) is 3.61. The van der Waals surface area contributed by atoms with E-state index in [2.05, 4.69) is 27.5 Å². The summed E-state index contributed by atoms with van der Waals surface area (Å²) in [6.45, 7) is 6.12. The van der Waals surface area contributed by atoms with E-state index in [-0.39, 0.29) is 6.03 Å². The van der Waals surface area contributed by atoms with Crippen molar-refractivity contribution < 1.29 is 4.79 Å². The monoisotopic (exact) mass is 358 g/mol. The van der Waals surface area contributed by atoms with Gasteiger partial charge < -0.3 is 20.4 Å². The van der Waals surface area contributed by atoms with E-state index < -0.39 is 0 Å². The molecule has 1 heterocycles. The first kappa shape index (κ1) is 17.6. The van der Waals surface area contributed by atoms with Gasteiger partial charge in [-0.3, -0.25) is 0 Å². The van der Waals surface area contributed by atoms with Crippen molar-refractivity contribution in [3.8, 4) is 0 Å². The molecular weight excluding hydrogens is 336 g/mol. The molecule has 2 aromatic rings. The zero-order valence-electron chi connectivity index (χ0n) is 14.6. The number of carbonyl (C=O) groups excluding carboxylic acids is 1. The van der Waals surface area contributed by atoms with E-state index in [0.29, 0.717) is 10.7 Å². The molecule has 25 heavy (non-hydrogen) atoms. The normalized spacial score (nSPS) is 15.1. The quantitative estimate of drug-likeness (QED) is 0.870. The van der Waals surface area contributed by atoms with E-state index in [1.165, 1.54) is 5.69 Å². The highest BCUT2D eigenvalue weighted by molar-refractivity contribution is 6.31. The van der Waals surface area contributed by atoms with Crippen molar-refractivity contribution in [3.05, 3.63) is 53.1 Å². The lowest BCUT2D eigenvalue weighted by Gasteiger charge is -2.34. The number of nitrogens with one attached hydrogen (secondary N) is 2. The molecule has 6 heteroatoms. The van der Waals surface area contributed by atoms with Crippen molar-refractivity contribution in [1.82, 2.24) is 4.90 Å². The number of aryl methyl sites for hydroxylation is 1. The van der Waals surface area contributed by atoms with E-state index in [4.69, 9.17) is 11.6 Å². The Hall–Kier alpha value is -2.24. The number of rotatable bonds is 3. The van der Waals surface area contributed by atoms with E-state index in [1.807, 2.05) is 37.3 Å². The second-order valence-electron chi connectivity index (χ2n) is 6.38. The predicted molar refractivity (Wildman–Crippen MR) is 105 cm³/mol. The van der Waals surface area contributed by atoms with Crippen LogP contribution in [-0.4, -0.2) is 44.2 Å². The highest BCUT2D eigenvalue weighted by Gasteiger charge is 2.14. The van der Waals surface area contributed by atoms with Crippen molar-refractivity contribution in [1.29, 1.82) is 0 Å². The molecule has 0 radical (unpaired) electrons. The number of piperazine rings is 1. The first-order valence-corrected chi connectivity index (χ1v) is 8.77. The Balaban J connectivity index is 1.59. The summed E-state index contributed by atoms with van der Waals surface area (Å²) >= 11 is 5.98. The van der Waals surface area contributed by atoms with Gasteiger partial charge in [0.2, 0.25) is 0 Å².